The summed E-state index contributed by atoms with van der Waals surface area (Å²) in [5.74, 6) is -1.46. The Hall–Kier alpha value is -2.52. The standard InChI is InChI=1S/C22H22F4N2O2S/c1-13-7-9-16-18(27-13)5-4-6-19(16)28-20(21(29,12-31-3)22(24,25)26)15-10-8-14(30-2)11-17(15)23/h4-11,20,28-29H,12H2,1-3H3. The lowest BCUT2D eigenvalue weighted by Crippen LogP contribution is -2.54. The second-order valence-electron chi connectivity index (χ2n) is 7.14. The summed E-state index contributed by atoms with van der Waals surface area (Å²) in [6.45, 7) is 1.80. The van der Waals surface area contributed by atoms with Crippen LogP contribution < -0.4 is 10.1 Å². The van der Waals surface area contributed by atoms with Gasteiger partial charge in [0.05, 0.1) is 18.7 Å². The number of benzene rings is 2. The molecule has 2 aromatic carbocycles. The third-order valence-corrected chi connectivity index (χ3v) is 5.75. The largest absolute Gasteiger partial charge is 0.497 e. The van der Waals surface area contributed by atoms with E-state index in [1.54, 1.807) is 37.3 Å². The van der Waals surface area contributed by atoms with E-state index >= 15 is 0 Å². The first-order chi connectivity index (χ1) is 14.6. The molecule has 0 aliphatic rings. The summed E-state index contributed by atoms with van der Waals surface area (Å²) in [5, 5.41) is 14.2. The number of methoxy groups -OCH3 is 1. The Morgan fingerprint density at radius 2 is 1.90 bits per heavy atom. The van der Waals surface area contributed by atoms with Gasteiger partial charge in [-0.05, 0) is 43.5 Å². The van der Waals surface area contributed by atoms with Crippen LogP contribution in [-0.2, 0) is 0 Å². The van der Waals surface area contributed by atoms with Crippen molar-refractivity contribution < 1.29 is 27.4 Å². The van der Waals surface area contributed by atoms with Gasteiger partial charge in [0, 0.05) is 34.2 Å². The molecule has 4 nitrogen and oxygen atoms in total. The van der Waals surface area contributed by atoms with E-state index in [2.05, 4.69) is 10.3 Å². The molecule has 31 heavy (non-hydrogen) atoms. The molecule has 0 radical (unpaired) electrons. The van der Waals surface area contributed by atoms with Crippen LogP contribution in [0, 0.1) is 12.7 Å². The van der Waals surface area contributed by atoms with Crippen molar-refractivity contribution in [3.63, 3.8) is 0 Å². The van der Waals surface area contributed by atoms with Crippen LogP contribution in [0.1, 0.15) is 17.3 Å². The zero-order chi connectivity index (χ0) is 22.8. The Kier molecular flexibility index (Phi) is 6.66. The van der Waals surface area contributed by atoms with Gasteiger partial charge in [0.15, 0.2) is 5.60 Å². The van der Waals surface area contributed by atoms with Crippen LogP contribution in [0.2, 0.25) is 0 Å². The van der Waals surface area contributed by atoms with Crippen molar-refractivity contribution in [3.8, 4) is 5.75 Å². The number of pyridine rings is 1. The van der Waals surface area contributed by atoms with E-state index < -0.39 is 29.4 Å². The molecule has 0 spiro atoms. The summed E-state index contributed by atoms with van der Waals surface area (Å²) in [6.07, 6.45) is -3.58. The minimum Gasteiger partial charge on any atom is -0.497 e. The summed E-state index contributed by atoms with van der Waals surface area (Å²) >= 11 is 0.819. The van der Waals surface area contributed by atoms with Crippen LogP contribution in [0.15, 0.2) is 48.5 Å². The predicted molar refractivity (Wildman–Crippen MR) is 115 cm³/mol. The van der Waals surface area contributed by atoms with Crippen molar-refractivity contribution >= 4 is 28.4 Å². The maximum atomic E-state index is 14.9. The van der Waals surface area contributed by atoms with Gasteiger partial charge in [0.1, 0.15) is 11.6 Å². The third kappa shape index (κ3) is 4.57. The Balaban J connectivity index is 2.20. The number of ether oxygens (including phenoxy) is 1. The van der Waals surface area contributed by atoms with Crippen LogP contribution >= 0.6 is 11.8 Å². The van der Waals surface area contributed by atoms with E-state index in [0.29, 0.717) is 16.6 Å². The van der Waals surface area contributed by atoms with E-state index in [1.165, 1.54) is 25.5 Å². The number of hydrogen-bond acceptors (Lipinski definition) is 5. The fourth-order valence-corrected chi connectivity index (χ4v) is 4.18. The van der Waals surface area contributed by atoms with Crippen LogP contribution in [-0.4, -0.2) is 41.0 Å². The summed E-state index contributed by atoms with van der Waals surface area (Å²) in [6, 6.07) is 10.1. The second-order valence-corrected chi connectivity index (χ2v) is 8.01. The topological polar surface area (TPSA) is 54.4 Å². The molecule has 0 bridgehead atoms. The number of aliphatic hydroxyl groups is 1. The highest BCUT2D eigenvalue weighted by molar-refractivity contribution is 7.98. The highest BCUT2D eigenvalue weighted by Gasteiger charge is 2.59. The molecule has 1 heterocycles. The maximum absolute atomic E-state index is 14.9. The second kappa shape index (κ2) is 8.92. The lowest BCUT2D eigenvalue weighted by atomic mass is 9.88. The van der Waals surface area contributed by atoms with Gasteiger partial charge in [-0.25, -0.2) is 4.39 Å². The smallest absolute Gasteiger partial charge is 0.420 e. The molecular weight excluding hydrogens is 432 g/mol. The first-order valence-electron chi connectivity index (χ1n) is 9.35. The molecule has 166 valence electrons. The molecule has 1 aromatic heterocycles. The SMILES string of the molecule is COc1ccc(C(Nc2cccc3nc(C)ccc23)C(O)(CSC)C(F)(F)F)c(F)c1. The minimum absolute atomic E-state index is 0.158. The number of thioether (sulfide) groups is 1. The molecule has 0 amide bonds. The molecule has 3 aromatic rings. The van der Waals surface area contributed by atoms with Gasteiger partial charge < -0.3 is 15.2 Å². The molecule has 2 unspecified atom stereocenters. The van der Waals surface area contributed by atoms with Gasteiger partial charge in [-0.1, -0.05) is 12.1 Å². The van der Waals surface area contributed by atoms with Gasteiger partial charge in [-0.2, -0.15) is 24.9 Å². The predicted octanol–water partition coefficient (Wildman–Crippen LogP) is 5.50. The van der Waals surface area contributed by atoms with Gasteiger partial charge >= 0.3 is 6.18 Å². The first-order valence-corrected chi connectivity index (χ1v) is 10.7. The molecule has 0 aliphatic heterocycles. The van der Waals surface area contributed by atoms with E-state index in [0.717, 1.165) is 23.5 Å². The van der Waals surface area contributed by atoms with Crippen molar-refractivity contribution in [1.82, 2.24) is 4.98 Å². The number of anilines is 1. The quantitative estimate of drug-likeness (QED) is 0.462. The Bertz CT molecular complexity index is 1080. The minimum atomic E-state index is -5.03. The highest BCUT2D eigenvalue weighted by Crippen LogP contribution is 2.45. The fraction of sp³-hybridized carbons (Fsp3) is 0.318. The van der Waals surface area contributed by atoms with Gasteiger partial charge in [0.25, 0.3) is 0 Å². The van der Waals surface area contributed by atoms with E-state index in [4.69, 9.17) is 4.74 Å². The van der Waals surface area contributed by atoms with Crippen LogP contribution in [0.5, 0.6) is 5.75 Å². The first kappa shape index (κ1) is 23.1. The molecule has 0 fully saturated rings. The number of nitrogens with one attached hydrogen (secondary N) is 1. The number of aryl methyl sites for hydroxylation is 1. The van der Waals surface area contributed by atoms with Crippen LogP contribution in [0.3, 0.4) is 0 Å². The van der Waals surface area contributed by atoms with Crippen LogP contribution in [0.4, 0.5) is 23.2 Å². The van der Waals surface area contributed by atoms with Crippen molar-refractivity contribution in [2.75, 3.05) is 24.4 Å². The zero-order valence-electron chi connectivity index (χ0n) is 17.1. The lowest BCUT2D eigenvalue weighted by molar-refractivity contribution is -0.256. The summed E-state index contributed by atoms with van der Waals surface area (Å²) < 4.78 is 62.2. The van der Waals surface area contributed by atoms with Gasteiger partial charge in [-0.3, -0.25) is 4.98 Å². The van der Waals surface area contributed by atoms with E-state index in [-0.39, 0.29) is 11.3 Å². The van der Waals surface area contributed by atoms with E-state index in [1.807, 2.05) is 0 Å². The average Bonchev–Trinajstić information content (AvgIpc) is 2.71. The molecule has 0 aliphatic carbocycles. The Morgan fingerprint density at radius 1 is 1.16 bits per heavy atom. The fourth-order valence-electron chi connectivity index (χ4n) is 3.41. The molecule has 2 atom stereocenters. The van der Waals surface area contributed by atoms with Crippen LogP contribution in [0.25, 0.3) is 10.9 Å². The molecule has 3 rings (SSSR count). The monoisotopic (exact) mass is 454 g/mol. The lowest BCUT2D eigenvalue weighted by Gasteiger charge is -2.38. The maximum Gasteiger partial charge on any atom is 0.420 e. The van der Waals surface area contributed by atoms with Crippen molar-refractivity contribution in [2.24, 2.45) is 0 Å². The number of halogens is 4. The summed E-state index contributed by atoms with van der Waals surface area (Å²) in [4.78, 5) is 4.38. The zero-order valence-corrected chi connectivity index (χ0v) is 17.9. The Morgan fingerprint density at radius 3 is 2.52 bits per heavy atom. The molecule has 2 N–H and O–H groups in total. The average molecular weight is 454 g/mol. The van der Waals surface area contributed by atoms with Crippen molar-refractivity contribution in [1.29, 1.82) is 0 Å². The third-order valence-electron chi connectivity index (χ3n) is 5.02. The van der Waals surface area contributed by atoms with Gasteiger partial charge in [0.2, 0.25) is 0 Å². The number of alkyl halides is 3. The number of rotatable bonds is 7. The number of fused-ring (bicyclic) bond motifs is 1. The summed E-state index contributed by atoms with van der Waals surface area (Å²) in [5.41, 5.74) is -1.96. The molecule has 0 saturated heterocycles. The molecular formula is C22H22F4N2O2S. The van der Waals surface area contributed by atoms with Crippen molar-refractivity contribution in [2.45, 2.75) is 24.7 Å². The number of hydrogen-bond donors (Lipinski definition) is 2. The number of nitrogens with zero attached hydrogens (tertiary/aromatic N) is 1. The number of aromatic nitrogens is 1. The molecule has 9 heteroatoms. The normalized spacial score (nSPS) is 14.8. The summed E-state index contributed by atoms with van der Waals surface area (Å²) in [7, 11) is 1.33. The highest BCUT2D eigenvalue weighted by atomic mass is 32.2. The van der Waals surface area contributed by atoms with Gasteiger partial charge in [-0.15, -0.1) is 0 Å². The Labute approximate surface area is 181 Å². The van der Waals surface area contributed by atoms with Crippen molar-refractivity contribution in [3.05, 3.63) is 65.6 Å². The van der Waals surface area contributed by atoms with E-state index in [9.17, 15) is 22.7 Å². The molecule has 0 saturated carbocycles.